The molecule has 0 aliphatic heterocycles. The Morgan fingerprint density at radius 2 is 0.480 bits per heavy atom. The van der Waals surface area contributed by atoms with Gasteiger partial charge in [-0.15, -0.1) is 17.0 Å². The maximum Gasteiger partial charge on any atom is 0.0482 e. The number of benzene rings is 2. The topological polar surface area (TPSA) is 0 Å². The van der Waals surface area contributed by atoms with E-state index in [0.717, 1.165) is 57.6 Å². The Balaban J connectivity index is 0.00000312. The molecule has 0 fully saturated rings. The quantitative estimate of drug-likeness (QED) is 0.212. The molecule has 0 unspecified atom stereocenters. The van der Waals surface area contributed by atoms with Crippen LogP contribution in [0, 0.1) is 0 Å². The smallest absolute Gasteiger partial charge is 0.0482 e. The summed E-state index contributed by atoms with van der Waals surface area (Å²) in [7, 11) is 0. The van der Waals surface area contributed by atoms with Crippen molar-refractivity contribution in [3.05, 3.63) is 55.9 Å². The van der Waals surface area contributed by atoms with Crippen molar-refractivity contribution in [2.24, 2.45) is 0 Å². The van der Waals surface area contributed by atoms with Gasteiger partial charge in [-0.1, -0.05) is 0 Å². The molecule has 0 radical (unpaired) electrons. The second-order valence-corrected chi connectivity index (χ2v) is 12.5. The summed E-state index contributed by atoms with van der Waals surface area (Å²) in [5.41, 5.74) is 2.37. The van der Waals surface area contributed by atoms with E-state index in [0.29, 0.717) is 0 Å². The van der Waals surface area contributed by atoms with Crippen LogP contribution in [0.3, 0.4) is 0 Å². The summed E-state index contributed by atoms with van der Waals surface area (Å²) in [5.74, 6) is 0. The minimum Gasteiger partial charge on any atom is -0.114 e. The van der Waals surface area contributed by atoms with Crippen LogP contribution in [0.15, 0.2) is 44.7 Å². The summed E-state index contributed by atoms with van der Waals surface area (Å²) >= 11 is 36.4. The molecule has 0 aromatic heterocycles. The second kappa shape index (κ2) is 11.4. The molecule has 0 bridgehead atoms. The first-order valence-corrected chi connectivity index (χ1v) is 14.0. The van der Waals surface area contributed by atoms with Gasteiger partial charge in [0, 0.05) is 44.7 Å². The van der Waals surface area contributed by atoms with Crippen LogP contribution in [-0.4, -0.2) is 0 Å². The van der Waals surface area contributed by atoms with E-state index in [-0.39, 0.29) is 17.0 Å². The molecule has 25 heavy (non-hydrogen) atoms. The third kappa shape index (κ3) is 5.70. The van der Waals surface area contributed by atoms with E-state index >= 15 is 0 Å². The molecule has 0 atom stereocenters. The molecule has 0 heterocycles. The van der Waals surface area contributed by atoms with E-state index in [1.54, 1.807) is 0 Å². The number of hydrogen-bond acceptors (Lipinski definition) is 0. The summed E-state index contributed by atoms with van der Waals surface area (Å²) in [5, 5.41) is 0. The van der Waals surface area contributed by atoms with E-state index in [1.807, 2.05) is 0 Å². The van der Waals surface area contributed by atoms with E-state index in [2.05, 4.69) is 159 Å². The van der Waals surface area contributed by atoms with Crippen LogP contribution in [0.1, 0.15) is 11.1 Å². The molecule has 0 aliphatic rings. The Bertz CT molecular complexity index is 701. The highest BCUT2D eigenvalue weighted by molar-refractivity contribution is 9.16. The third-order valence-electron chi connectivity index (χ3n) is 3.23. The zero-order chi connectivity index (χ0) is 18.3. The average molecular weight is 1050 g/mol. The summed E-state index contributed by atoms with van der Waals surface area (Å²) in [6.07, 6.45) is 1.70. The van der Waals surface area contributed by atoms with Gasteiger partial charge in [0.25, 0.3) is 0 Å². The van der Waals surface area contributed by atoms with Crippen molar-refractivity contribution in [1.29, 1.82) is 0 Å². The molecule has 11 heteroatoms. The lowest BCUT2D eigenvalue weighted by atomic mass is 10.0. The van der Waals surface area contributed by atoms with Crippen LogP contribution >= 0.6 is 176 Å². The molecule has 0 amide bonds. The Kier molecular flexibility index (Phi) is 12.2. The summed E-state index contributed by atoms with van der Waals surface area (Å²) < 4.78 is 10.0. The summed E-state index contributed by atoms with van der Waals surface area (Å²) in [4.78, 5) is 0. The van der Waals surface area contributed by atoms with Crippen LogP contribution in [0.4, 0.5) is 0 Å². The first-order valence-electron chi connectivity index (χ1n) is 6.10. The van der Waals surface area contributed by atoms with Crippen molar-refractivity contribution >= 4 is 176 Å². The SMILES string of the molecule is Br.Brc1c(Br)c(Br)c(CCc2c(Br)c(Br)c(Br)c(Br)c2Br)c(Br)c1Br. The van der Waals surface area contributed by atoms with Gasteiger partial charge >= 0.3 is 0 Å². The fourth-order valence-corrected chi connectivity index (χ4v) is 9.04. The first-order chi connectivity index (χ1) is 11.1. The van der Waals surface area contributed by atoms with Gasteiger partial charge in [-0.25, -0.2) is 0 Å². The maximum absolute atomic E-state index is 3.69. The monoisotopic (exact) mass is 1040 g/mol. The Labute approximate surface area is 240 Å². The fraction of sp³-hybridized carbons (Fsp3) is 0.143. The van der Waals surface area contributed by atoms with E-state index in [9.17, 15) is 0 Å². The molecule has 0 spiro atoms. The molecule has 0 aliphatic carbocycles. The predicted octanol–water partition coefficient (Wildman–Crippen LogP) is 11.7. The molecule has 0 N–H and O–H groups in total. The van der Waals surface area contributed by atoms with Crippen molar-refractivity contribution in [2.45, 2.75) is 12.8 Å². The van der Waals surface area contributed by atoms with Crippen molar-refractivity contribution in [3.63, 3.8) is 0 Å². The van der Waals surface area contributed by atoms with Crippen molar-refractivity contribution in [1.82, 2.24) is 0 Å². The van der Waals surface area contributed by atoms with E-state index in [1.165, 1.54) is 11.1 Å². The van der Waals surface area contributed by atoms with Gasteiger partial charge in [-0.05, 0) is 183 Å². The number of hydrogen-bond donors (Lipinski definition) is 0. The Morgan fingerprint density at radius 1 is 0.320 bits per heavy atom. The molecular formula is C14H5Br11. The highest BCUT2D eigenvalue weighted by Crippen LogP contribution is 2.47. The molecular weight excluding hydrogens is 1050 g/mol. The van der Waals surface area contributed by atoms with Crippen LogP contribution in [-0.2, 0) is 12.8 Å². The van der Waals surface area contributed by atoms with Crippen LogP contribution < -0.4 is 0 Å². The zero-order valence-electron chi connectivity index (χ0n) is 11.6. The molecule has 0 saturated carbocycles. The summed E-state index contributed by atoms with van der Waals surface area (Å²) in [6.45, 7) is 0. The lowest BCUT2D eigenvalue weighted by molar-refractivity contribution is 0.930. The van der Waals surface area contributed by atoms with Crippen molar-refractivity contribution < 1.29 is 0 Å². The normalized spacial score (nSPS) is 10.8. The molecule has 2 aromatic carbocycles. The Hall–Kier alpha value is 3.72. The Morgan fingerprint density at radius 3 is 0.680 bits per heavy atom. The standard InChI is InChI=1S/C14H4Br10.BrH/c15-5-3(6(16)10(20)13(23)9(5)19)1-2-4-7(17)11(21)14(24)12(22)8(4)18;/h1-2H2;1H. The third-order valence-corrected chi connectivity index (χ3v) is 15.7. The fourth-order valence-electron chi connectivity index (χ4n) is 1.99. The molecule has 2 rings (SSSR count). The van der Waals surface area contributed by atoms with Crippen molar-refractivity contribution in [3.8, 4) is 0 Å². The molecule has 138 valence electrons. The maximum atomic E-state index is 3.69. The number of halogens is 11. The predicted molar refractivity (Wildman–Crippen MR) is 148 cm³/mol. The first kappa shape index (κ1) is 26.8. The van der Waals surface area contributed by atoms with Crippen LogP contribution in [0.5, 0.6) is 0 Å². The van der Waals surface area contributed by atoms with Crippen molar-refractivity contribution in [2.75, 3.05) is 0 Å². The summed E-state index contributed by atoms with van der Waals surface area (Å²) in [6, 6.07) is 0. The highest BCUT2D eigenvalue weighted by atomic mass is 79.9. The number of rotatable bonds is 3. The second-order valence-electron chi connectivity index (χ2n) is 4.60. The average Bonchev–Trinajstić information content (AvgIpc) is 2.57. The van der Waals surface area contributed by atoms with Crippen LogP contribution in [0.2, 0.25) is 0 Å². The van der Waals surface area contributed by atoms with Gasteiger partial charge in [0.2, 0.25) is 0 Å². The van der Waals surface area contributed by atoms with Gasteiger partial charge in [0.15, 0.2) is 0 Å². The molecule has 0 saturated heterocycles. The lowest BCUT2D eigenvalue weighted by Crippen LogP contribution is -1.99. The minimum atomic E-state index is 0. The molecule has 0 nitrogen and oxygen atoms in total. The van der Waals surface area contributed by atoms with Gasteiger partial charge in [-0.3, -0.25) is 0 Å². The lowest BCUT2D eigenvalue weighted by Gasteiger charge is -2.16. The molecule has 2 aromatic rings. The largest absolute Gasteiger partial charge is 0.114 e. The highest BCUT2D eigenvalue weighted by Gasteiger charge is 2.21. The minimum absolute atomic E-state index is 0. The van der Waals surface area contributed by atoms with Gasteiger partial charge in [0.1, 0.15) is 0 Å². The van der Waals surface area contributed by atoms with E-state index in [4.69, 9.17) is 0 Å². The van der Waals surface area contributed by atoms with Gasteiger partial charge < -0.3 is 0 Å². The van der Waals surface area contributed by atoms with Crippen LogP contribution in [0.25, 0.3) is 0 Å². The van der Waals surface area contributed by atoms with Gasteiger partial charge in [-0.2, -0.15) is 0 Å². The zero-order valence-corrected chi connectivity index (χ0v) is 29.2. The van der Waals surface area contributed by atoms with E-state index < -0.39 is 0 Å². The van der Waals surface area contributed by atoms with Gasteiger partial charge in [0.05, 0.1) is 0 Å².